The summed E-state index contributed by atoms with van der Waals surface area (Å²) in [5, 5.41) is 3.94. The van der Waals surface area contributed by atoms with Crippen molar-refractivity contribution in [1.82, 2.24) is 10.3 Å². The highest BCUT2D eigenvalue weighted by Gasteiger charge is 2.32. The quantitative estimate of drug-likeness (QED) is 0.510. The third kappa shape index (κ3) is 5.69. The number of nitrogens with zero attached hydrogens (tertiary/aromatic N) is 3. The molecule has 0 aliphatic carbocycles. The zero-order chi connectivity index (χ0) is 16.9. The van der Waals surface area contributed by atoms with Gasteiger partial charge in [0.05, 0.1) is 0 Å². The third-order valence-corrected chi connectivity index (χ3v) is 3.14. The first-order chi connectivity index (χ1) is 10.8. The summed E-state index contributed by atoms with van der Waals surface area (Å²) in [6, 6.07) is 5.60. The van der Waals surface area contributed by atoms with Gasteiger partial charge in [0, 0.05) is 37.4 Å². The maximum atomic E-state index is 11.8. The molecule has 1 saturated heterocycles. The average Bonchev–Trinajstić information content (AvgIpc) is 2.40. The molecular formula is C16H23N4O3+. The number of pyridine rings is 1. The minimum absolute atomic E-state index is 0.146. The summed E-state index contributed by atoms with van der Waals surface area (Å²) in [5.41, 5.74) is 2.00. The maximum Gasteiger partial charge on any atom is 0.410 e. The second kappa shape index (κ2) is 7.21. The molecule has 2 amide bonds. The topological polar surface area (TPSA) is 74.9 Å². The molecule has 124 valence electrons. The Morgan fingerprint density at radius 2 is 1.96 bits per heavy atom. The molecule has 1 aliphatic heterocycles. The Hall–Kier alpha value is -2.44. The Morgan fingerprint density at radius 3 is 2.57 bits per heavy atom. The number of carbonyl (C=O) groups is 2. The lowest BCUT2D eigenvalue weighted by molar-refractivity contribution is -0.684. The van der Waals surface area contributed by atoms with Crippen molar-refractivity contribution < 1.29 is 18.9 Å². The zero-order valence-electron chi connectivity index (χ0n) is 13.7. The number of hydrogen-bond donors (Lipinski definition) is 1. The fraction of sp³-hybridized carbons (Fsp3) is 0.500. The Morgan fingerprint density at radius 1 is 1.30 bits per heavy atom. The molecule has 0 spiro atoms. The first-order valence-corrected chi connectivity index (χ1v) is 7.57. The van der Waals surface area contributed by atoms with E-state index in [1.807, 2.05) is 51.4 Å². The predicted octanol–water partition coefficient (Wildman–Crippen LogP) is 0.943. The normalized spacial score (nSPS) is 15.3. The van der Waals surface area contributed by atoms with Gasteiger partial charge in [0.25, 0.3) is 0 Å². The molecule has 7 heteroatoms. The van der Waals surface area contributed by atoms with Crippen LogP contribution in [0.2, 0.25) is 0 Å². The van der Waals surface area contributed by atoms with Crippen LogP contribution < -0.4 is 9.99 Å². The Kier molecular flexibility index (Phi) is 5.31. The van der Waals surface area contributed by atoms with Crippen LogP contribution in [-0.4, -0.2) is 41.8 Å². The van der Waals surface area contributed by atoms with Gasteiger partial charge in [0.2, 0.25) is 6.54 Å². The number of likely N-dealkylation sites (tertiary alicyclic amines) is 1. The Balaban J connectivity index is 1.66. The van der Waals surface area contributed by atoms with Gasteiger partial charge in [-0.2, -0.15) is 9.67 Å². The van der Waals surface area contributed by atoms with E-state index in [0.717, 1.165) is 0 Å². The molecule has 23 heavy (non-hydrogen) atoms. The highest BCUT2D eigenvalue weighted by Crippen LogP contribution is 2.17. The molecule has 0 radical (unpaired) electrons. The van der Waals surface area contributed by atoms with Crippen molar-refractivity contribution >= 4 is 18.2 Å². The van der Waals surface area contributed by atoms with Gasteiger partial charge in [-0.15, -0.1) is 0 Å². The fourth-order valence-electron chi connectivity index (χ4n) is 2.04. The molecule has 2 rings (SSSR count). The van der Waals surface area contributed by atoms with Gasteiger partial charge in [-0.3, -0.25) is 4.79 Å². The van der Waals surface area contributed by atoms with Crippen LogP contribution >= 0.6 is 0 Å². The lowest BCUT2D eigenvalue weighted by Crippen LogP contribution is -2.52. The highest BCUT2D eigenvalue weighted by atomic mass is 16.6. The zero-order valence-corrected chi connectivity index (χ0v) is 13.7. The van der Waals surface area contributed by atoms with Crippen LogP contribution in [0.3, 0.4) is 0 Å². The average molecular weight is 319 g/mol. The molecule has 1 aliphatic rings. The van der Waals surface area contributed by atoms with Gasteiger partial charge in [-0.05, 0) is 20.8 Å². The summed E-state index contributed by atoms with van der Waals surface area (Å²) in [5.74, 6) is -0.0482. The molecular weight excluding hydrogens is 296 g/mol. The summed E-state index contributed by atoms with van der Waals surface area (Å²) < 4.78 is 7.03. The third-order valence-electron chi connectivity index (χ3n) is 3.14. The molecule has 0 unspecified atom stereocenters. The monoisotopic (exact) mass is 319 g/mol. The molecule has 0 atom stereocenters. The molecule has 1 fully saturated rings. The van der Waals surface area contributed by atoms with Crippen LogP contribution in [0.25, 0.3) is 0 Å². The Bertz CT molecular complexity index is 575. The van der Waals surface area contributed by atoms with Crippen LogP contribution in [0.1, 0.15) is 20.8 Å². The van der Waals surface area contributed by atoms with E-state index in [9.17, 15) is 9.59 Å². The number of nitrogens with one attached hydrogen (secondary N) is 1. The fourth-order valence-corrected chi connectivity index (χ4v) is 2.04. The van der Waals surface area contributed by atoms with Crippen molar-refractivity contribution in [3.05, 3.63) is 30.6 Å². The number of rotatable bonds is 4. The minimum atomic E-state index is -0.487. The lowest BCUT2D eigenvalue weighted by Gasteiger charge is -2.37. The number of amides is 2. The first-order valence-electron chi connectivity index (χ1n) is 7.57. The standard InChI is InChI=1S/C16H22N4O3/c1-16(2,3)23-15(22)20-10-13(11-20)9-17-18-14(21)12-19-7-5-4-6-8-19/h4-9,13H,10-12H2,1-3H3/p+1/b17-9+. The van der Waals surface area contributed by atoms with Crippen LogP contribution in [-0.2, 0) is 16.1 Å². The smallest absolute Gasteiger partial charge is 0.410 e. The summed E-state index contributed by atoms with van der Waals surface area (Å²) in [7, 11) is 0. The van der Waals surface area contributed by atoms with Gasteiger partial charge < -0.3 is 9.64 Å². The van der Waals surface area contributed by atoms with E-state index in [4.69, 9.17) is 4.74 Å². The van der Waals surface area contributed by atoms with Crippen LogP contribution in [0, 0.1) is 5.92 Å². The van der Waals surface area contributed by atoms with E-state index >= 15 is 0 Å². The number of carbonyl (C=O) groups excluding carboxylic acids is 2. The number of hydrazone groups is 1. The van der Waals surface area contributed by atoms with Gasteiger partial charge >= 0.3 is 12.0 Å². The van der Waals surface area contributed by atoms with Gasteiger partial charge in [0.1, 0.15) is 5.60 Å². The second-order valence-electron chi connectivity index (χ2n) is 6.51. The van der Waals surface area contributed by atoms with Crippen molar-refractivity contribution in [1.29, 1.82) is 0 Å². The van der Waals surface area contributed by atoms with E-state index in [1.54, 1.807) is 15.7 Å². The van der Waals surface area contributed by atoms with Gasteiger partial charge in [0.15, 0.2) is 12.4 Å². The molecule has 0 aromatic carbocycles. The van der Waals surface area contributed by atoms with Gasteiger partial charge in [-0.25, -0.2) is 10.2 Å². The molecule has 0 saturated carbocycles. The second-order valence-corrected chi connectivity index (χ2v) is 6.51. The molecule has 1 N–H and O–H groups in total. The number of hydrogen-bond acceptors (Lipinski definition) is 4. The first kappa shape index (κ1) is 16.9. The summed E-state index contributed by atoms with van der Waals surface area (Å²) in [6.07, 6.45) is 4.97. The van der Waals surface area contributed by atoms with E-state index < -0.39 is 5.60 Å². The minimum Gasteiger partial charge on any atom is -0.444 e. The molecule has 0 bridgehead atoms. The molecule has 1 aromatic heterocycles. The molecule has 2 heterocycles. The van der Waals surface area contributed by atoms with Crippen molar-refractivity contribution in [2.75, 3.05) is 13.1 Å². The highest BCUT2D eigenvalue weighted by molar-refractivity contribution is 5.76. The summed E-state index contributed by atoms with van der Waals surface area (Å²) in [4.78, 5) is 25.1. The van der Waals surface area contributed by atoms with E-state index in [0.29, 0.717) is 13.1 Å². The number of ether oxygens (including phenoxy) is 1. The van der Waals surface area contributed by atoms with Crippen molar-refractivity contribution in [2.45, 2.75) is 32.9 Å². The maximum absolute atomic E-state index is 11.8. The molecule has 7 nitrogen and oxygen atoms in total. The molecule has 1 aromatic rings. The van der Waals surface area contributed by atoms with Crippen LogP contribution in [0.5, 0.6) is 0 Å². The Labute approximate surface area is 135 Å². The van der Waals surface area contributed by atoms with E-state index in [1.165, 1.54) is 0 Å². The van der Waals surface area contributed by atoms with Crippen molar-refractivity contribution in [3.63, 3.8) is 0 Å². The predicted molar refractivity (Wildman–Crippen MR) is 84.6 cm³/mol. The van der Waals surface area contributed by atoms with Crippen LogP contribution in [0.4, 0.5) is 4.79 Å². The number of aromatic nitrogens is 1. The van der Waals surface area contributed by atoms with Gasteiger partial charge in [-0.1, -0.05) is 6.07 Å². The van der Waals surface area contributed by atoms with E-state index in [2.05, 4.69) is 10.5 Å². The van der Waals surface area contributed by atoms with E-state index in [-0.39, 0.29) is 24.5 Å². The van der Waals surface area contributed by atoms with Crippen LogP contribution in [0.15, 0.2) is 35.7 Å². The summed E-state index contributed by atoms with van der Waals surface area (Å²) >= 11 is 0. The largest absolute Gasteiger partial charge is 0.444 e. The lowest BCUT2D eigenvalue weighted by atomic mass is 10.0. The van der Waals surface area contributed by atoms with Crippen molar-refractivity contribution in [3.8, 4) is 0 Å². The SMILES string of the molecule is CC(C)(C)OC(=O)N1CC(/C=N/NC(=O)C[n+]2ccccc2)C1. The van der Waals surface area contributed by atoms with Crippen molar-refractivity contribution in [2.24, 2.45) is 11.0 Å². The summed E-state index contributed by atoms with van der Waals surface area (Å²) in [6.45, 7) is 6.84.